The number of aromatic nitrogens is 2. The second-order valence-corrected chi connectivity index (χ2v) is 6.53. The molecule has 0 aliphatic carbocycles. The first-order chi connectivity index (χ1) is 9.38. The third-order valence-electron chi connectivity index (χ3n) is 2.52. The number of carbonyl (C=O) groups excluding carboxylic acids is 1. The van der Waals surface area contributed by atoms with E-state index in [1.54, 1.807) is 6.92 Å². The number of benzene rings is 1. The van der Waals surface area contributed by atoms with Gasteiger partial charge in [0.15, 0.2) is 0 Å². The normalized spacial score (nSPS) is 11.1. The van der Waals surface area contributed by atoms with Gasteiger partial charge < -0.3 is 5.32 Å². The van der Waals surface area contributed by atoms with Gasteiger partial charge in [0, 0.05) is 28.8 Å². The summed E-state index contributed by atoms with van der Waals surface area (Å²) in [6.45, 7) is 1.59. The number of rotatable bonds is 3. The van der Waals surface area contributed by atoms with Gasteiger partial charge >= 0.3 is 0 Å². The van der Waals surface area contributed by atoms with Gasteiger partial charge in [0.2, 0.25) is 0 Å². The van der Waals surface area contributed by atoms with Crippen molar-refractivity contribution in [1.82, 2.24) is 9.97 Å². The number of amides is 1. The van der Waals surface area contributed by atoms with E-state index >= 15 is 0 Å². The average Bonchev–Trinajstić information content (AvgIpc) is 2.38. The monoisotopic (exact) mass is 311 g/mol. The Kier molecular flexibility index (Phi) is 4.01. The predicted molar refractivity (Wildman–Crippen MR) is 74.2 cm³/mol. The molecule has 1 heterocycles. The van der Waals surface area contributed by atoms with E-state index < -0.39 is 9.05 Å². The van der Waals surface area contributed by atoms with Gasteiger partial charge in [0.05, 0.1) is 10.5 Å². The molecule has 20 heavy (non-hydrogen) atoms. The number of anilines is 1. The van der Waals surface area contributed by atoms with Gasteiger partial charge in [-0.05, 0) is 30.7 Å². The molecule has 1 aromatic heterocycles. The molecule has 0 radical (unpaired) electrons. The number of hydrogen-bond donors (Lipinski definition) is 1. The molecule has 0 unspecified atom stereocenters. The third-order valence-corrected chi connectivity index (χ3v) is 4.00. The van der Waals surface area contributed by atoms with Gasteiger partial charge in [-0.2, -0.15) is 0 Å². The Morgan fingerprint density at radius 2 is 1.90 bits per heavy atom. The lowest BCUT2D eigenvalue weighted by molar-refractivity contribution is 0.102. The molecule has 8 heteroatoms. The summed E-state index contributed by atoms with van der Waals surface area (Å²) in [6, 6.07) is 4.33. The zero-order valence-electron chi connectivity index (χ0n) is 10.4. The van der Waals surface area contributed by atoms with Crippen molar-refractivity contribution in [3.05, 3.63) is 48.0 Å². The lowest BCUT2D eigenvalue weighted by atomic mass is 10.2. The lowest BCUT2D eigenvalue weighted by Crippen LogP contribution is -2.12. The summed E-state index contributed by atoms with van der Waals surface area (Å²) in [4.78, 5) is 19.4. The van der Waals surface area contributed by atoms with Crippen molar-refractivity contribution in [3.8, 4) is 0 Å². The second-order valence-electron chi connectivity index (χ2n) is 4.00. The van der Waals surface area contributed by atoms with Crippen LogP contribution in [0.25, 0.3) is 0 Å². The van der Waals surface area contributed by atoms with Crippen molar-refractivity contribution in [2.45, 2.75) is 11.8 Å². The van der Waals surface area contributed by atoms with E-state index in [2.05, 4.69) is 15.3 Å². The Morgan fingerprint density at radius 3 is 2.45 bits per heavy atom. The Labute approximate surface area is 120 Å². The standard InChI is InChI=1S/C12H10ClN3O3S/c1-8-4-10(2-3-11(8)20(13,18)19)16-12(17)9-5-14-7-15-6-9/h2-7H,1H3,(H,16,17). The van der Waals surface area contributed by atoms with Gasteiger partial charge in [-0.1, -0.05) is 0 Å². The van der Waals surface area contributed by atoms with Crippen LogP contribution in [0.15, 0.2) is 41.8 Å². The first-order valence-corrected chi connectivity index (χ1v) is 7.80. The number of carbonyl (C=O) groups is 1. The molecule has 0 aliphatic rings. The topological polar surface area (TPSA) is 89.0 Å². The fraction of sp³-hybridized carbons (Fsp3) is 0.0833. The Balaban J connectivity index is 2.24. The Bertz CT molecular complexity index is 748. The largest absolute Gasteiger partial charge is 0.322 e. The van der Waals surface area contributed by atoms with E-state index in [9.17, 15) is 13.2 Å². The highest BCUT2D eigenvalue weighted by atomic mass is 35.7. The maximum Gasteiger partial charge on any atom is 0.261 e. The Morgan fingerprint density at radius 1 is 1.25 bits per heavy atom. The molecule has 2 aromatic rings. The zero-order valence-corrected chi connectivity index (χ0v) is 11.9. The lowest BCUT2D eigenvalue weighted by Gasteiger charge is -2.07. The summed E-state index contributed by atoms with van der Waals surface area (Å²) in [7, 11) is 1.49. The first-order valence-electron chi connectivity index (χ1n) is 5.49. The summed E-state index contributed by atoms with van der Waals surface area (Å²) in [6.07, 6.45) is 4.08. The highest BCUT2D eigenvalue weighted by Gasteiger charge is 2.14. The fourth-order valence-corrected chi connectivity index (χ4v) is 2.81. The summed E-state index contributed by atoms with van der Waals surface area (Å²) < 4.78 is 22.5. The molecule has 2 rings (SSSR count). The average molecular weight is 312 g/mol. The third kappa shape index (κ3) is 3.31. The van der Waals surface area contributed by atoms with Gasteiger partial charge in [-0.25, -0.2) is 18.4 Å². The van der Waals surface area contributed by atoms with Crippen LogP contribution in [0.5, 0.6) is 0 Å². The highest BCUT2D eigenvalue weighted by Crippen LogP contribution is 2.22. The minimum Gasteiger partial charge on any atom is -0.322 e. The van der Waals surface area contributed by atoms with E-state index in [1.165, 1.54) is 36.9 Å². The number of halogens is 1. The van der Waals surface area contributed by atoms with Crippen LogP contribution < -0.4 is 5.32 Å². The van der Waals surface area contributed by atoms with Crippen LogP contribution in [-0.4, -0.2) is 24.3 Å². The predicted octanol–water partition coefficient (Wildman–Crippen LogP) is 1.96. The molecule has 6 nitrogen and oxygen atoms in total. The van der Waals surface area contributed by atoms with E-state index in [0.29, 0.717) is 16.8 Å². The fourth-order valence-electron chi connectivity index (χ4n) is 1.62. The molecule has 1 N–H and O–H groups in total. The molecule has 0 saturated carbocycles. The van der Waals surface area contributed by atoms with E-state index in [4.69, 9.17) is 10.7 Å². The molecule has 0 spiro atoms. The number of hydrogen-bond acceptors (Lipinski definition) is 5. The smallest absolute Gasteiger partial charge is 0.261 e. The highest BCUT2D eigenvalue weighted by molar-refractivity contribution is 8.13. The van der Waals surface area contributed by atoms with Crippen LogP contribution in [0.1, 0.15) is 15.9 Å². The van der Waals surface area contributed by atoms with Crippen molar-refractivity contribution >= 4 is 31.3 Å². The van der Waals surface area contributed by atoms with Crippen molar-refractivity contribution in [1.29, 1.82) is 0 Å². The van der Waals surface area contributed by atoms with Crippen LogP contribution in [0.4, 0.5) is 5.69 Å². The number of nitrogens with one attached hydrogen (secondary N) is 1. The van der Waals surface area contributed by atoms with E-state index in [0.717, 1.165) is 0 Å². The summed E-state index contributed by atoms with van der Waals surface area (Å²) in [5.74, 6) is -0.383. The van der Waals surface area contributed by atoms with Crippen LogP contribution in [0.2, 0.25) is 0 Å². The van der Waals surface area contributed by atoms with Gasteiger partial charge in [0.1, 0.15) is 6.33 Å². The van der Waals surface area contributed by atoms with E-state index in [-0.39, 0.29) is 10.8 Å². The van der Waals surface area contributed by atoms with Crippen molar-refractivity contribution in [2.75, 3.05) is 5.32 Å². The van der Waals surface area contributed by atoms with Gasteiger partial charge in [0.25, 0.3) is 15.0 Å². The minimum absolute atomic E-state index is 0.0141. The quantitative estimate of drug-likeness (QED) is 0.875. The molecule has 104 valence electrons. The van der Waals surface area contributed by atoms with Crippen LogP contribution in [-0.2, 0) is 9.05 Å². The van der Waals surface area contributed by atoms with Crippen LogP contribution >= 0.6 is 10.7 Å². The summed E-state index contributed by atoms with van der Waals surface area (Å²) >= 11 is 0. The molecular formula is C12H10ClN3O3S. The van der Waals surface area contributed by atoms with Gasteiger partial charge in [-0.3, -0.25) is 4.79 Å². The second kappa shape index (κ2) is 5.56. The van der Waals surface area contributed by atoms with Crippen LogP contribution in [0, 0.1) is 6.92 Å². The minimum atomic E-state index is -3.79. The summed E-state index contributed by atoms with van der Waals surface area (Å²) in [5.41, 5.74) is 1.21. The van der Waals surface area contributed by atoms with Crippen molar-refractivity contribution in [2.24, 2.45) is 0 Å². The number of nitrogens with zero attached hydrogens (tertiary/aromatic N) is 2. The van der Waals surface area contributed by atoms with Crippen molar-refractivity contribution < 1.29 is 13.2 Å². The molecular weight excluding hydrogens is 302 g/mol. The molecule has 1 amide bonds. The molecule has 1 aromatic carbocycles. The first kappa shape index (κ1) is 14.4. The van der Waals surface area contributed by atoms with Gasteiger partial charge in [-0.15, -0.1) is 0 Å². The Hall–Kier alpha value is -1.99. The molecule has 0 aliphatic heterocycles. The molecule has 0 fully saturated rings. The summed E-state index contributed by atoms with van der Waals surface area (Å²) in [5, 5.41) is 2.62. The van der Waals surface area contributed by atoms with E-state index in [1.807, 2.05) is 0 Å². The zero-order chi connectivity index (χ0) is 14.8. The maximum atomic E-state index is 11.9. The molecule has 0 atom stereocenters. The molecule has 0 saturated heterocycles. The van der Waals surface area contributed by atoms with Crippen molar-refractivity contribution in [3.63, 3.8) is 0 Å². The van der Waals surface area contributed by atoms with Crippen LogP contribution in [0.3, 0.4) is 0 Å². The maximum absolute atomic E-state index is 11.9. The number of aryl methyl sites for hydroxylation is 1. The molecule has 0 bridgehead atoms. The SMILES string of the molecule is Cc1cc(NC(=O)c2cncnc2)ccc1S(=O)(=O)Cl.